The number of oxazole rings is 1. The van der Waals surface area contributed by atoms with Crippen molar-refractivity contribution in [2.45, 2.75) is 44.2 Å². The van der Waals surface area contributed by atoms with E-state index in [1.54, 1.807) is 0 Å². The first-order valence-corrected chi connectivity index (χ1v) is 9.43. The van der Waals surface area contributed by atoms with Gasteiger partial charge in [-0.25, -0.2) is 4.98 Å². The Bertz CT molecular complexity index is 888. The van der Waals surface area contributed by atoms with Crippen LogP contribution in [0.4, 0.5) is 0 Å². The standard InChI is InChI=1S/C20H22N2O2S/c1-4-14(3)21-19(23)16-7-5-6-15(11-16)12-25-20-22-17-10-13(2)8-9-18(17)24-20/h5-11,14H,4,12H2,1-3H3,(H,21,23). The number of rotatable bonds is 6. The number of benzene rings is 2. The molecule has 25 heavy (non-hydrogen) atoms. The Morgan fingerprint density at radius 3 is 2.92 bits per heavy atom. The number of hydrogen-bond acceptors (Lipinski definition) is 4. The Morgan fingerprint density at radius 1 is 1.28 bits per heavy atom. The second kappa shape index (κ2) is 7.74. The van der Waals surface area contributed by atoms with Gasteiger partial charge in [-0.2, -0.15) is 0 Å². The zero-order valence-corrected chi connectivity index (χ0v) is 15.5. The molecule has 130 valence electrons. The van der Waals surface area contributed by atoms with E-state index in [9.17, 15) is 4.79 Å². The number of carbonyl (C=O) groups is 1. The smallest absolute Gasteiger partial charge is 0.257 e. The van der Waals surface area contributed by atoms with E-state index in [-0.39, 0.29) is 11.9 Å². The van der Waals surface area contributed by atoms with Gasteiger partial charge in [-0.05, 0) is 55.7 Å². The molecule has 0 bridgehead atoms. The molecule has 5 heteroatoms. The lowest BCUT2D eigenvalue weighted by molar-refractivity contribution is 0.0939. The maximum absolute atomic E-state index is 12.2. The van der Waals surface area contributed by atoms with Crippen molar-refractivity contribution in [2.24, 2.45) is 0 Å². The van der Waals surface area contributed by atoms with Gasteiger partial charge in [-0.1, -0.05) is 36.9 Å². The SMILES string of the molecule is CCC(C)NC(=O)c1cccc(CSc2nc3cc(C)ccc3o2)c1. The van der Waals surface area contributed by atoms with Gasteiger partial charge in [0.05, 0.1) is 0 Å². The molecule has 0 aliphatic carbocycles. The van der Waals surface area contributed by atoms with Crippen molar-refractivity contribution in [3.05, 3.63) is 59.2 Å². The first-order valence-electron chi connectivity index (χ1n) is 8.45. The van der Waals surface area contributed by atoms with Crippen LogP contribution < -0.4 is 5.32 Å². The van der Waals surface area contributed by atoms with Gasteiger partial charge in [-0.15, -0.1) is 0 Å². The summed E-state index contributed by atoms with van der Waals surface area (Å²) in [6.45, 7) is 6.10. The maximum Gasteiger partial charge on any atom is 0.257 e. The summed E-state index contributed by atoms with van der Waals surface area (Å²) < 4.78 is 5.76. The summed E-state index contributed by atoms with van der Waals surface area (Å²) in [5.41, 5.74) is 4.60. The molecule has 3 rings (SSSR count). The summed E-state index contributed by atoms with van der Waals surface area (Å²) in [5.74, 6) is 0.675. The van der Waals surface area contributed by atoms with Crippen LogP contribution in [0.25, 0.3) is 11.1 Å². The Morgan fingerprint density at radius 2 is 2.12 bits per heavy atom. The highest BCUT2D eigenvalue weighted by Crippen LogP contribution is 2.27. The van der Waals surface area contributed by atoms with E-state index in [2.05, 4.69) is 17.2 Å². The first-order chi connectivity index (χ1) is 12.0. The van der Waals surface area contributed by atoms with E-state index in [1.807, 2.05) is 56.3 Å². The second-order valence-electron chi connectivity index (χ2n) is 6.22. The van der Waals surface area contributed by atoms with Crippen LogP contribution >= 0.6 is 11.8 Å². The predicted molar refractivity (Wildman–Crippen MR) is 102 cm³/mol. The van der Waals surface area contributed by atoms with Crippen molar-refractivity contribution in [1.82, 2.24) is 10.3 Å². The number of amides is 1. The lowest BCUT2D eigenvalue weighted by Gasteiger charge is -2.11. The molecule has 0 spiro atoms. The summed E-state index contributed by atoms with van der Waals surface area (Å²) >= 11 is 1.53. The average molecular weight is 354 g/mol. The molecule has 1 aromatic heterocycles. The van der Waals surface area contributed by atoms with Crippen LogP contribution in [0.5, 0.6) is 0 Å². The van der Waals surface area contributed by atoms with Crippen molar-refractivity contribution in [3.63, 3.8) is 0 Å². The quantitative estimate of drug-likeness (QED) is 0.636. The second-order valence-corrected chi connectivity index (χ2v) is 7.15. The van der Waals surface area contributed by atoms with Crippen molar-refractivity contribution in [1.29, 1.82) is 0 Å². The summed E-state index contributed by atoms with van der Waals surface area (Å²) in [5, 5.41) is 3.64. The van der Waals surface area contributed by atoms with Crippen LogP contribution in [0.3, 0.4) is 0 Å². The van der Waals surface area contributed by atoms with Gasteiger partial charge in [-0.3, -0.25) is 4.79 Å². The zero-order chi connectivity index (χ0) is 17.8. The molecule has 0 aliphatic heterocycles. The fourth-order valence-electron chi connectivity index (χ4n) is 2.43. The topological polar surface area (TPSA) is 55.1 Å². The van der Waals surface area contributed by atoms with Crippen LogP contribution in [-0.4, -0.2) is 16.9 Å². The predicted octanol–water partition coefficient (Wildman–Crippen LogP) is 4.96. The van der Waals surface area contributed by atoms with E-state index < -0.39 is 0 Å². The number of hydrogen-bond donors (Lipinski definition) is 1. The molecular weight excluding hydrogens is 332 g/mol. The Labute approximate surface area is 152 Å². The Hall–Kier alpha value is -2.27. The first kappa shape index (κ1) is 17.5. The van der Waals surface area contributed by atoms with Crippen molar-refractivity contribution >= 4 is 28.8 Å². The van der Waals surface area contributed by atoms with Crippen LogP contribution in [0, 0.1) is 6.92 Å². The van der Waals surface area contributed by atoms with Crippen molar-refractivity contribution in [2.75, 3.05) is 0 Å². The van der Waals surface area contributed by atoms with Crippen LogP contribution in [-0.2, 0) is 5.75 Å². The van der Waals surface area contributed by atoms with Gasteiger partial charge in [0.2, 0.25) is 0 Å². The average Bonchev–Trinajstić information content (AvgIpc) is 3.02. The van der Waals surface area contributed by atoms with Crippen LogP contribution in [0.1, 0.15) is 41.8 Å². The molecule has 2 aromatic carbocycles. The normalized spacial score (nSPS) is 12.3. The number of aryl methyl sites for hydroxylation is 1. The summed E-state index contributed by atoms with van der Waals surface area (Å²) in [4.78, 5) is 16.8. The van der Waals surface area contributed by atoms with E-state index >= 15 is 0 Å². The van der Waals surface area contributed by atoms with Gasteiger partial charge in [0.15, 0.2) is 5.58 Å². The van der Waals surface area contributed by atoms with E-state index in [0.717, 1.165) is 28.6 Å². The molecule has 0 radical (unpaired) electrons. The third-order valence-corrected chi connectivity index (χ3v) is 4.96. The third-order valence-electron chi connectivity index (χ3n) is 4.06. The minimum Gasteiger partial charge on any atom is -0.431 e. The minimum absolute atomic E-state index is 0.0291. The molecule has 0 saturated carbocycles. The number of thioether (sulfide) groups is 1. The maximum atomic E-state index is 12.2. The molecule has 1 N–H and O–H groups in total. The summed E-state index contributed by atoms with van der Waals surface area (Å²) in [6.07, 6.45) is 0.915. The third kappa shape index (κ3) is 4.42. The van der Waals surface area contributed by atoms with E-state index in [0.29, 0.717) is 16.5 Å². The highest BCUT2D eigenvalue weighted by atomic mass is 32.2. The highest BCUT2D eigenvalue weighted by Gasteiger charge is 2.10. The van der Waals surface area contributed by atoms with Crippen molar-refractivity contribution < 1.29 is 9.21 Å². The minimum atomic E-state index is -0.0291. The molecule has 0 saturated heterocycles. The van der Waals surface area contributed by atoms with Gasteiger partial charge >= 0.3 is 0 Å². The van der Waals surface area contributed by atoms with Crippen molar-refractivity contribution in [3.8, 4) is 0 Å². The van der Waals surface area contributed by atoms with Gasteiger partial charge < -0.3 is 9.73 Å². The Kier molecular flexibility index (Phi) is 5.43. The molecule has 1 heterocycles. The molecule has 0 fully saturated rings. The molecule has 1 atom stereocenters. The molecule has 1 unspecified atom stereocenters. The number of nitrogens with one attached hydrogen (secondary N) is 1. The van der Waals surface area contributed by atoms with Gasteiger partial charge in [0.1, 0.15) is 5.52 Å². The van der Waals surface area contributed by atoms with Crippen LogP contribution in [0.2, 0.25) is 0 Å². The largest absolute Gasteiger partial charge is 0.431 e. The van der Waals surface area contributed by atoms with Crippen LogP contribution in [0.15, 0.2) is 52.1 Å². The lowest BCUT2D eigenvalue weighted by atomic mass is 10.1. The lowest BCUT2D eigenvalue weighted by Crippen LogP contribution is -2.31. The fourth-order valence-corrected chi connectivity index (χ4v) is 3.22. The number of nitrogens with zero attached hydrogens (tertiary/aromatic N) is 1. The van der Waals surface area contributed by atoms with Gasteiger partial charge in [0.25, 0.3) is 11.1 Å². The molecule has 1 amide bonds. The number of carbonyl (C=O) groups excluding carboxylic acids is 1. The number of aromatic nitrogens is 1. The molecule has 0 aliphatic rings. The molecule has 3 aromatic rings. The molecular formula is C20H22N2O2S. The zero-order valence-electron chi connectivity index (χ0n) is 14.7. The van der Waals surface area contributed by atoms with Gasteiger partial charge in [0, 0.05) is 17.4 Å². The fraction of sp³-hybridized carbons (Fsp3) is 0.300. The highest BCUT2D eigenvalue weighted by molar-refractivity contribution is 7.98. The monoisotopic (exact) mass is 354 g/mol. The summed E-state index contributed by atoms with van der Waals surface area (Å²) in [7, 11) is 0. The van der Waals surface area contributed by atoms with E-state index in [1.165, 1.54) is 11.8 Å². The number of fused-ring (bicyclic) bond motifs is 1. The molecule has 4 nitrogen and oxygen atoms in total. The van der Waals surface area contributed by atoms with E-state index in [4.69, 9.17) is 4.42 Å². The summed E-state index contributed by atoms with van der Waals surface area (Å²) in [6, 6.07) is 13.8. The Balaban J connectivity index is 1.68.